The van der Waals surface area contributed by atoms with E-state index in [2.05, 4.69) is 14.9 Å². The fraction of sp³-hybridized carbons (Fsp3) is 0.571. The molecule has 1 aromatic rings. The Labute approximate surface area is 130 Å². The van der Waals surface area contributed by atoms with Gasteiger partial charge in [0, 0.05) is 38.6 Å². The van der Waals surface area contributed by atoms with E-state index < -0.39 is 5.41 Å². The topological polar surface area (TPSA) is 75.4 Å². The molecule has 1 saturated heterocycles. The first-order chi connectivity index (χ1) is 9.99. The van der Waals surface area contributed by atoms with Crippen molar-refractivity contribution in [1.82, 2.24) is 14.9 Å². The number of hydrogen-bond donors (Lipinski definition) is 1. The zero-order valence-corrected chi connectivity index (χ0v) is 13.3. The van der Waals surface area contributed by atoms with E-state index in [9.17, 15) is 4.79 Å². The van der Waals surface area contributed by atoms with E-state index in [1.54, 1.807) is 18.5 Å². The molecule has 21 heavy (non-hydrogen) atoms. The van der Waals surface area contributed by atoms with Crippen LogP contribution in [-0.2, 0) is 4.79 Å². The minimum Gasteiger partial charge on any atom is -0.392 e. The van der Waals surface area contributed by atoms with Crippen molar-refractivity contribution < 1.29 is 4.79 Å². The van der Waals surface area contributed by atoms with Gasteiger partial charge in [0.2, 0.25) is 11.9 Å². The smallest absolute Gasteiger partial charge is 0.235 e. The van der Waals surface area contributed by atoms with Crippen molar-refractivity contribution in [3.63, 3.8) is 0 Å². The van der Waals surface area contributed by atoms with Crippen molar-refractivity contribution in [1.29, 1.82) is 0 Å². The molecular weight excluding hydrogens is 286 g/mol. The first-order valence-electron chi connectivity index (χ1n) is 7.10. The number of nitrogens with zero attached hydrogens (tertiary/aromatic N) is 4. The largest absolute Gasteiger partial charge is 0.392 e. The number of rotatable bonds is 4. The van der Waals surface area contributed by atoms with E-state index in [0.29, 0.717) is 38.5 Å². The number of amides is 1. The molecule has 2 rings (SSSR count). The lowest BCUT2D eigenvalue weighted by atomic mass is 9.85. The molecule has 0 bridgehead atoms. The van der Waals surface area contributed by atoms with Crippen molar-refractivity contribution in [3.05, 3.63) is 18.5 Å². The maximum atomic E-state index is 12.6. The van der Waals surface area contributed by atoms with Gasteiger partial charge in [0.15, 0.2) is 0 Å². The molecule has 1 aliphatic rings. The second kappa shape index (κ2) is 6.34. The van der Waals surface area contributed by atoms with Crippen LogP contribution in [0.15, 0.2) is 18.5 Å². The Kier molecular flexibility index (Phi) is 4.72. The highest BCUT2D eigenvalue weighted by Crippen LogP contribution is 2.25. The quantitative estimate of drug-likeness (QED) is 0.830. The fourth-order valence-electron chi connectivity index (χ4n) is 2.34. The van der Waals surface area contributed by atoms with E-state index in [1.807, 2.05) is 18.7 Å². The molecule has 0 saturated carbocycles. The minimum absolute atomic E-state index is 0.0196. The summed E-state index contributed by atoms with van der Waals surface area (Å²) in [5.41, 5.74) is 5.01. The van der Waals surface area contributed by atoms with Gasteiger partial charge in [-0.1, -0.05) is 19.1 Å². The van der Waals surface area contributed by atoms with Gasteiger partial charge in [-0.25, -0.2) is 9.97 Å². The van der Waals surface area contributed by atoms with Crippen LogP contribution in [0.1, 0.15) is 20.3 Å². The van der Waals surface area contributed by atoms with E-state index in [1.165, 1.54) is 0 Å². The van der Waals surface area contributed by atoms with Crippen molar-refractivity contribution in [2.24, 2.45) is 11.1 Å². The molecule has 2 N–H and O–H groups in total. The number of thiocarbonyl (C=S) groups is 1. The summed E-state index contributed by atoms with van der Waals surface area (Å²) in [5.74, 6) is 0.725. The average Bonchev–Trinajstić information content (AvgIpc) is 2.54. The van der Waals surface area contributed by atoms with Gasteiger partial charge in [-0.2, -0.15) is 0 Å². The lowest BCUT2D eigenvalue weighted by Crippen LogP contribution is -2.55. The average molecular weight is 307 g/mol. The number of piperazine rings is 1. The Morgan fingerprint density at radius 2 is 1.90 bits per heavy atom. The molecule has 0 aromatic carbocycles. The van der Waals surface area contributed by atoms with Crippen LogP contribution in [0, 0.1) is 5.41 Å². The van der Waals surface area contributed by atoms with Crippen LogP contribution in [0.25, 0.3) is 0 Å². The number of carbonyl (C=O) groups excluding carboxylic acids is 1. The van der Waals surface area contributed by atoms with Crippen LogP contribution in [0.2, 0.25) is 0 Å². The van der Waals surface area contributed by atoms with Crippen molar-refractivity contribution >= 4 is 29.1 Å². The van der Waals surface area contributed by atoms with E-state index in [4.69, 9.17) is 18.0 Å². The lowest BCUT2D eigenvalue weighted by Gasteiger charge is -2.39. The van der Waals surface area contributed by atoms with Crippen molar-refractivity contribution in [3.8, 4) is 0 Å². The normalized spacial score (nSPS) is 18.2. The maximum Gasteiger partial charge on any atom is 0.235 e. The summed E-state index contributed by atoms with van der Waals surface area (Å²) >= 11 is 5.07. The molecule has 0 aliphatic carbocycles. The lowest BCUT2D eigenvalue weighted by molar-refractivity contribution is -0.138. The van der Waals surface area contributed by atoms with Crippen LogP contribution in [-0.4, -0.2) is 51.9 Å². The summed E-state index contributed by atoms with van der Waals surface area (Å²) in [6.07, 6.45) is 4.06. The first-order valence-corrected chi connectivity index (χ1v) is 7.51. The zero-order valence-electron chi connectivity index (χ0n) is 12.5. The van der Waals surface area contributed by atoms with Crippen LogP contribution in [0.5, 0.6) is 0 Å². The summed E-state index contributed by atoms with van der Waals surface area (Å²) in [6, 6.07) is 1.79. The Balaban J connectivity index is 2.01. The van der Waals surface area contributed by atoms with Gasteiger partial charge in [-0.15, -0.1) is 0 Å². The number of nitrogens with two attached hydrogens (primary N) is 1. The zero-order chi connectivity index (χ0) is 15.5. The molecule has 0 radical (unpaired) electrons. The van der Waals surface area contributed by atoms with Gasteiger partial charge in [0.25, 0.3) is 0 Å². The molecule has 1 aliphatic heterocycles. The van der Waals surface area contributed by atoms with Crippen molar-refractivity contribution in [2.45, 2.75) is 20.3 Å². The Morgan fingerprint density at radius 3 is 2.38 bits per heavy atom. The highest BCUT2D eigenvalue weighted by molar-refractivity contribution is 7.80. The van der Waals surface area contributed by atoms with Gasteiger partial charge >= 0.3 is 0 Å². The molecule has 114 valence electrons. The third-order valence-electron chi connectivity index (χ3n) is 4.12. The molecule has 1 aromatic heterocycles. The Morgan fingerprint density at radius 1 is 1.33 bits per heavy atom. The standard InChI is InChI=1S/C14H21N5OS/c1-3-14(2,11(15)21)12(20)18-7-9-19(10-8-18)13-16-5-4-6-17-13/h4-6H,3,7-10H2,1-2H3,(H2,15,21). The number of aromatic nitrogens is 2. The summed E-state index contributed by atoms with van der Waals surface area (Å²) in [6.45, 7) is 6.46. The van der Waals surface area contributed by atoms with Crippen LogP contribution >= 0.6 is 12.2 Å². The molecular formula is C14H21N5OS. The molecule has 0 spiro atoms. The molecule has 1 unspecified atom stereocenters. The highest BCUT2D eigenvalue weighted by atomic mass is 32.1. The summed E-state index contributed by atoms with van der Waals surface area (Å²) < 4.78 is 0. The summed E-state index contributed by atoms with van der Waals surface area (Å²) in [4.78, 5) is 25.3. The van der Waals surface area contributed by atoms with Gasteiger partial charge in [-0.05, 0) is 19.4 Å². The third kappa shape index (κ3) is 3.12. The third-order valence-corrected chi connectivity index (χ3v) is 4.58. The predicted octanol–water partition coefficient (Wildman–Crippen LogP) is 0.828. The molecule has 1 atom stereocenters. The van der Waals surface area contributed by atoms with Crippen LogP contribution in [0.3, 0.4) is 0 Å². The van der Waals surface area contributed by atoms with Gasteiger partial charge in [0.1, 0.15) is 0 Å². The number of hydrogen-bond acceptors (Lipinski definition) is 5. The highest BCUT2D eigenvalue weighted by Gasteiger charge is 2.38. The van der Waals surface area contributed by atoms with Gasteiger partial charge in [-0.3, -0.25) is 4.79 Å². The molecule has 1 fully saturated rings. The second-order valence-corrected chi connectivity index (χ2v) is 5.82. The van der Waals surface area contributed by atoms with Crippen LogP contribution < -0.4 is 10.6 Å². The Hall–Kier alpha value is -1.76. The van der Waals surface area contributed by atoms with E-state index >= 15 is 0 Å². The predicted molar refractivity (Wildman–Crippen MR) is 86.0 cm³/mol. The second-order valence-electron chi connectivity index (χ2n) is 5.38. The van der Waals surface area contributed by atoms with Gasteiger partial charge in [0.05, 0.1) is 10.4 Å². The van der Waals surface area contributed by atoms with E-state index in [-0.39, 0.29) is 10.9 Å². The maximum absolute atomic E-state index is 12.6. The number of carbonyl (C=O) groups is 1. The summed E-state index contributed by atoms with van der Waals surface area (Å²) in [5, 5.41) is 0. The molecule has 6 nitrogen and oxygen atoms in total. The van der Waals surface area contributed by atoms with Gasteiger partial charge < -0.3 is 15.5 Å². The fourth-order valence-corrected chi connectivity index (χ4v) is 2.58. The monoisotopic (exact) mass is 307 g/mol. The van der Waals surface area contributed by atoms with E-state index in [0.717, 1.165) is 0 Å². The molecule has 7 heteroatoms. The number of anilines is 1. The Bertz CT molecular complexity index is 515. The molecule has 1 amide bonds. The first kappa shape index (κ1) is 15.6. The molecule has 2 heterocycles. The minimum atomic E-state index is -0.749. The summed E-state index contributed by atoms with van der Waals surface area (Å²) in [7, 11) is 0. The SMILES string of the molecule is CCC(C)(C(=O)N1CCN(c2ncccn2)CC1)C(N)=S. The van der Waals surface area contributed by atoms with Crippen LogP contribution in [0.4, 0.5) is 5.95 Å². The van der Waals surface area contributed by atoms with Crippen molar-refractivity contribution in [2.75, 3.05) is 31.1 Å².